The first-order chi connectivity index (χ1) is 11.1. The van der Waals surface area contributed by atoms with Gasteiger partial charge in [0.05, 0.1) is 5.69 Å². The number of benzene rings is 1. The van der Waals surface area contributed by atoms with Crippen LogP contribution in [-0.4, -0.2) is 30.5 Å². The minimum Gasteiger partial charge on any atom is -0.486 e. The maximum atomic E-state index is 12.8. The fraction of sp³-hybridized carbons (Fsp3) is 0.375. The number of hydrogen-bond donors (Lipinski definition) is 2. The molecule has 1 fully saturated rings. The highest BCUT2D eigenvalue weighted by Gasteiger charge is 2.20. The lowest BCUT2D eigenvalue weighted by Gasteiger charge is -2.26. The van der Waals surface area contributed by atoms with E-state index in [0.717, 1.165) is 18.1 Å². The summed E-state index contributed by atoms with van der Waals surface area (Å²) in [6.45, 7) is 4.68. The number of nitrogens with zero attached hydrogens (tertiary/aromatic N) is 1. The predicted octanol–water partition coefficient (Wildman–Crippen LogP) is 2.96. The standard InChI is InChI=1S/C16H18FN3O2S.2ClH/c1-10-15(16(21)19-8-11-6-18-7-11)23-14(20-10)9-22-13-4-2-12(17)3-5-13;;/h2-5,11,18H,6-9H2,1H3,(H,19,21);2*1H. The number of aryl methyl sites for hydroxylation is 1. The topological polar surface area (TPSA) is 63.2 Å². The van der Waals surface area contributed by atoms with Crippen molar-refractivity contribution in [2.75, 3.05) is 19.6 Å². The Kier molecular flexibility index (Phi) is 8.58. The molecule has 5 nitrogen and oxygen atoms in total. The highest BCUT2D eigenvalue weighted by Crippen LogP contribution is 2.20. The molecule has 0 radical (unpaired) electrons. The molecule has 25 heavy (non-hydrogen) atoms. The lowest BCUT2D eigenvalue weighted by atomic mass is 10.0. The molecule has 2 heterocycles. The molecular formula is C16H20Cl2FN3O2S. The molecular weight excluding hydrogens is 388 g/mol. The molecule has 2 N–H and O–H groups in total. The van der Waals surface area contributed by atoms with Crippen LogP contribution in [-0.2, 0) is 6.61 Å². The van der Waals surface area contributed by atoms with Gasteiger partial charge in [-0.25, -0.2) is 9.37 Å². The number of rotatable bonds is 6. The van der Waals surface area contributed by atoms with E-state index in [9.17, 15) is 9.18 Å². The normalized spacial score (nSPS) is 13.2. The molecule has 1 aromatic heterocycles. The number of hydrogen-bond acceptors (Lipinski definition) is 5. The molecule has 1 amide bonds. The number of carbonyl (C=O) groups is 1. The van der Waals surface area contributed by atoms with Crippen molar-refractivity contribution in [1.82, 2.24) is 15.6 Å². The van der Waals surface area contributed by atoms with Gasteiger partial charge in [-0.15, -0.1) is 36.2 Å². The summed E-state index contributed by atoms with van der Waals surface area (Å²) in [4.78, 5) is 17.2. The highest BCUT2D eigenvalue weighted by molar-refractivity contribution is 7.13. The second-order valence-electron chi connectivity index (χ2n) is 5.50. The number of nitrogens with one attached hydrogen (secondary N) is 2. The van der Waals surface area contributed by atoms with E-state index in [0.29, 0.717) is 28.8 Å². The second kappa shape index (κ2) is 9.91. The third kappa shape index (κ3) is 5.81. The van der Waals surface area contributed by atoms with E-state index < -0.39 is 0 Å². The summed E-state index contributed by atoms with van der Waals surface area (Å²) in [5.41, 5.74) is 0.706. The summed E-state index contributed by atoms with van der Waals surface area (Å²) in [6, 6.07) is 5.82. The van der Waals surface area contributed by atoms with Gasteiger partial charge in [-0.05, 0) is 31.2 Å². The van der Waals surface area contributed by atoms with E-state index >= 15 is 0 Å². The molecule has 0 spiro atoms. The Morgan fingerprint density at radius 3 is 2.64 bits per heavy atom. The molecule has 2 aromatic rings. The predicted molar refractivity (Wildman–Crippen MR) is 101 cm³/mol. The van der Waals surface area contributed by atoms with E-state index in [1.54, 1.807) is 12.1 Å². The van der Waals surface area contributed by atoms with Crippen LogP contribution in [0, 0.1) is 18.7 Å². The van der Waals surface area contributed by atoms with Gasteiger partial charge >= 0.3 is 0 Å². The van der Waals surface area contributed by atoms with Crippen LogP contribution < -0.4 is 15.4 Å². The molecule has 0 saturated carbocycles. The van der Waals surface area contributed by atoms with Gasteiger partial charge in [0.15, 0.2) is 0 Å². The van der Waals surface area contributed by atoms with Crippen molar-refractivity contribution in [3.63, 3.8) is 0 Å². The van der Waals surface area contributed by atoms with Crippen LogP contribution in [0.25, 0.3) is 0 Å². The molecule has 1 aromatic carbocycles. The first-order valence-corrected chi connectivity index (χ1v) is 8.27. The maximum absolute atomic E-state index is 12.8. The monoisotopic (exact) mass is 407 g/mol. The zero-order valence-corrected chi connectivity index (χ0v) is 16.0. The number of carbonyl (C=O) groups excluding carboxylic acids is 1. The number of ether oxygens (including phenoxy) is 1. The van der Waals surface area contributed by atoms with Gasteiger partial charge in [-0.2, -0.15) is 0 Å². The maximum Gasteiger partial charge on any atom is 0.263 e. The Hall–Kier alpha value is -1.41. The van der Waals surface area contributed by atoms with Crippen LogP contribution in [0.1, 0.15) is 20.4 Å². The van der Waals surface area contributed by atoms with Crippen molar-refractivity contribution >= 4 is 42.1 Å². The summed E-state index contributed by atoms with van der Waals surface area (Å²) in [7, 11) is 0. The Morgan fingerprint density at radius 1 is 1.36 bits per heavy atom. The molecule has 3 rings (SSSR count). The fourth-order valence-corrected chi connectivity index (χ4v) is 3.10. The van der Waals surface area contributed by atoms with Crippen LogP contribution in [0.2, 0.25) is 0 Å². The lowest BCUT2D eigenvalue weighted by molar-refractivity contribution is 0.0945. The number of thiazole rings is 1. The highest BCUT2D eigenvalue weighted by atomic mass is 35.5. The van der Waals surface area contributed by atoms with Crippen LogP contribution in [0.15, 0.2) is 24.3 Å². The van der Waals surface area contributed by atoms with Crippen LogP contribution in [0.5, 0.6) is 5.75 Å². The third-order valence-corrected chi connectivity index (χ3v) is 4.77. The smallest absolute Gasteiger partial charge is 0.263 e. The average molecular weight is 408 g/mol. The molecule has 0 bridgehead atoms. The minimum absolute atomic E-state index is 0. The molecule has 1 aliphatic heterocycles. The van der Waals surface area contributed by atoms with Gasteiger partial charge < -0.3 is 15.4 Å². The van der Waals surface area contributed by atoms with E-state index in [1.165, 1.54) is 23.5 Å². The first-order valence-electron chi connectivity index (χ1n) is 7.45. The van der Waals surface area contributed by atoms with Crippen LogP contribution in [0.4, 0.5) is 4.39 Å². The number of halogens is 3. The molecule has 0 atom stereocenters. The molecule has 1 aliphatic rings. The Balaban J connectivity index is 0.00000156. The molecule has 1 saturated heterocycles. The summed E-state index contributed by atoms with van der Waals surface area (Å²) in [6.07, 6.45) is 0. The van der Waals surface area contributed by atoms with Crippen molar-refractivity contribution < 1.29 is 13.9 Å². The quantitative estimate of drug-likeness (QED) is 0.772. The largest absolute Gasteiger partial charge is 0.486 e. The minimum atomic E-state index is -0.303. The Bertz CT molecular complexity index is 693. The molecule has 138 valence electrons. The zero-order chi connectivity index (χ0) is 16.2. The average Bonchev–Trinajstić information content (AvgIpc) is 2.86. The van der Waals surface area contributed by atoms with Gasteiger partial charge in [0.25, 0.3) is 5.91 Å². The van der Waals surface area contributed by atoms with Gasteiger partial charge in [0.1, 0.15) is 28.1 Å². The van der Waals surface area contributed by atoms with E-state index in [-0.39, 0.29) is 43.1 Å². The fourth-order valence-electron chi connectivity index (χ4n) is 2.21. The van der Waals surface area contributed by atoms with E-state index in [1.807, 2.05) is 6.92 Å². The number of amides is 1. The van der Waals surface area contributed by atoms with Crippen molar-refractivity contribution in [1.29, 1.82) is 0 Å². The van der Waals surface area contributed by atoms with Crippen molar-refractivity contribution in [2.45, 2.75) is 13.5 Å². The molecule has 0 unspecified atom stereocenters. The summed E-state index contributed by atoms with van der Waals surface area (Å²) >= 11 is 1.33. The van der Waals surface area contributed by atoms with Gasteiger partial charge in [-0.3, -0.25) is 4.79 Å². The van der Waals surface area contributed by atoms with Crippen molar-refractivity contribution in [3.8, 4) is 5.75 Å². The van der Waals surface area contributed by atoms with Crippen LogP contribution in [0.3, 0.4) is 0 Å². The SMILES string of the molecule is Cc1nc(COc2ccc(F)cc2)sc1C(=O)NCC1CNC1.Cl.Cl. The Morgan fingerprint density at radius 2 is 2.04 bits per heavy atom. The molecule has 9 heteroatoms. The van der Waals surface area contributed by atoms with E-state index in [2.05, 4.69) is 15.6 Å². The first kappa shape index (κ1) is 21.6. The van der Waals surface area contributed by atoms with Gasteiger partial charge in [0.2, 0.25) is 0 Å². The van der Waals surface area contributed by atoms with Gasteiger partial charge in [0, 0.05) is 25.6 Å². The Labute approximate surface area is 162 Å². The summed E-state index contributed by atoms with van der Waals surface area (Å²) < 4.78 is 18.4. The lowest BCUT2D eigenvalue weighted by Crippen LogP contribution is -2.48. The van der Waals surface area contributed by atoms with Crippen molar-refractivity contribution in [3.05, 3.63) is 45.7 Å². The van der Waals surface area contributed by atoms with E-state index in [4.69, 9.17) is 4.74 Å². The summed E-state index contributed by atoms with van der Waals surface area (Å²) in [5.74, 6) is 0.708. The third-order valence-electron chi connectivity index (χ3n) is 3.64. The molecule has 0 aliphatic carbocycles. The number of aromatic nitrogens is 1. The van der Waals surface area contributed by atoms with Crippen LogP contribution >= 0.6 is 36.2 Å². The summed E-state index contributed by atoms with van der Waals surface area (Å²) in [5, 5.41) is 6.84. The van der Waals surface area contributed by atoms with Crippen molar-refractivity contribution in [2.24, 2.45) is 5.92 Å². The zero-order valence-electron chi connectivity index (χ0n) is 13.6. The van der Waals surface area contributed by atoms with Gasteiger partial charge in [-0.1, -0.05) is 0 Å². The second-order valence-corrected chi connectivity index (χ2v) is 6.58.